The van der Waals surface area contributed by atoms with Crippen molar-refractivity contribution in [1.82, 2.24) is 10.2 Å². The third kappa shape index (κ3) is 8.01. The molecule has 3 rings (SSSR count). The highest BCUT2D eigenvalue weighted by atomic mass is 35.5. The standard InChI is InChI=1S/C27H36ClN3O6S/c1-5-23(27(33)29-16-19(2)3)30(17-20-8-10-21(28)11-9-20)26(32)7-6-14-31(38(4,34)35)22-12-13-24-25(15-22)37-18-36-24/h8-13,15,19,23H,5-7,14,16-18H2,1-4H3,(H,29,33)/t23-/m1/s1. The number of rotatable bonds is 13. The number of hydrogen-bond donors (Lipinski definition) is 1. The van der Waals surface area contributed by atoms with E-state index < -0.39 is 16.1 Å². The molecule has 0 aliphatic carbocycles. The van der Waals surface area contributed by atoms with Crippen LogP contribution in [0.2, 0.25) is 5.02 Å². The molecule has 0 unspecified atom stereocenters. The van der Waals surface area contributed by atoms with Gasteiger partial charge in [-0.3, -0.25) is 13.9 Å². The molecule has 0 aromatic heterocycles. The van der Waals surface area contributed by atoms with Gasteiger partial charge in [0.05, 0.1) is 11.9 Å². The van der Waals surface area contributed by atoms with Crippen LogP contribution < -0.4 is 19.1 Å². The number of fused-ring (bicyclic) bond motifs is 1. The first kappa shape index (κ1) is 29.6. The van der Waals surface area contributed by atoms with Crippen molar-refractivity contribution in [2.45, 2.75) is 52.6 Å². The van der Waals surface area contributed by atoms with Crippen molar-refractivity contribution < 1.29 is 27.5 Å². The summed E-state index contributed by atoms with van der Waals surface area (Å²) in [5.74, 6) is 0.860. The Morgan fingerprint density at radius 1 is 1.08 bits per heavy atom. The number of hydrogen-bond acceptors (Lipinski definition) is 6. The summed E-state index contributed by atoms with van der Waals surface area (Å²) in [6.07, 6.45) is 1.90. The smallest absolute Gasteiger partial charge is 0.242 e. The summed E-state index contributed by atoms with van der Waals surface area (Å²) >= 11 is 6.03. The fourth-order valence-corrected chi connectivity index (χ4v) is 5.26. The predicted octanol–water partition coefficient (Wildman–Crippen LogP) is 4.19. The summed E-state index contributed by atoms with van der Waals surface area (Å²) in [5, 5.41) is 3.52. The number of carbonyl (C=O) groups excluding carboxylic acids is 2. The molecule has 0 radical (unpaired) electrons. The first-order valence-corrected chi connectivity index (χ1v) is 14.9. The monoisotopic (exact) mass is 565 g/mol. The molecule has 0 bridgehead atoms. The number of carbonyl (C=O) groups is 2. The zero-order valence-electron chi connectivity index (χ0n) is 22.3. The third-order valence-corrected chi connectivity index (χ3v) is 7.58. The minimum absolute atomic E-state index is 0.0676. The van der Waals surface area contributed by atoms with Gasteiger partial charge in [0, 0.05) is 37.1 Å². The van der Waals surface area contributed by atoms with E-state index in [-0.39, 0.29) is 50.5 Å². The van der Waals surface area contributed by atoms with Gasteiger partial charge in [-0.05, 0) is 48.6 Å². The Balaban J connectivity index is 1.75. The molecule has 38 heavy (non-hydrogen) atoms. The van der Waals surface area contributed by atoms with Crippen molar-refractivity contribution in [3.05, 3.63) is 53.1 Å². The lowest BCUT2D eigenvalue weighted by Gasteiger charge is -2.31. The first-order valence-electron chi connectivity index (χ1n) is 12.7. The zero-order valence-corrected chi connectivity index (χ0v) is 23.8. The van der Waals surface area contributed by atoms with Crippen LogP contribution in [0, 0.1) is 5.92 Å². The summed E-state index contributed by atoms with van der Waals surface area (Å²) in [6.45, 7) is 6.80. The number of halogens is 1. The first-order chi connectivity index (χ1) is 18.0. The van der Waals surface area contributed by atoms with Gasteiger partial charge in [0.25, 0.3) is 0 Å². The van der Waals surface area contributed by atoms with Crippen LogP contribution in [0.25, 0.3) is 0 Å². The molecule has 2 aromatic carbocycles. The van der Waals surface area contributed by atoms with E-state index in [4.69, 9.17) is 21.1 Å². The van der Waals surface area contributed by atoms with Crippen LogP contribution in [-0.4, -0.2) is 57.3 Å². The second kappa shape index (κ2) is 13.2. The number of amides is 2. The van der Waals surface area contributed by atoms with Gasteiger partial charge in [0.15, 0.2) is 11.5 Å². The highest BCUT2D eigenvalue weighted by molar-refractivity contribution is 7.92. The molecule has 0 saturated heterocycles. The van der Waals surface area contributed by atoms with Gasteiger partial charge >= 0.3 is 0 Å². The summed E-state index contributed by atoms with van der Waals surface area (Å²) < 4.78 is 37.1. The van der Waals surface area contributed by atoms with E-state index in [9.17, 15) is 18.0 Å². The number of sulfonamides is 1. The maximum atomic E-state index is 13.5. The van der Waals surface area contributed by atoms with Gasteiger partial charge in [0.2, 0.25) is 28.6 Å². The van der Waals surface area contributed by atoms with Gasteiger partial charge in [-0.1, -0.05) is 44.5 Å². The second-order valence-electron chi connectivity index (χ2n) is 9.69. The van der Waals surface area contributed by atoms with Crippen molar-refractivity contribution in [2.75, 3.05) is 30.4 Å². The van der Waals surface area contributed by atoms with Crippen molar-refractivity contribution in [2.24, 2.45) is 5.92 Å². The Morgan fingerprint density at radius 3 is 2.39 bits per heavy atom. The van der Waals surface area contributed by atoms with Crippen molar-refractivity contribution in [3.63, 3.8) is 0 Å². The molecule has 0 spiro atoms. The summed E-state index contributed by atoms with van der Waals surface area (Å²) in [6, 6.07) is 11.4. The Kier molecular flexibility index (Phi) is 10.3. The van der Waals surface area contributed by atoms with Gasteiger partial charge < -0.3 is 19.7 Å². The van der Waals surface area contributed by atoms with Crippen LogP contribution in [0.1, 0.15) is 45.6 Å². The molecule has 0 saturated carbocycles. The predicted molar refractivity (Wildman–Crippen MR) is 148 cm³/mol. The van der Waals surface area contributed by atoms with Crippen LogP contribution in [-0.2, 0) is 26.2 Å². The van der Waals surface area contributed by atoms with Gasteiger partial charge in [0.1, 0.15) is 6.04 Å². The SMILES string of the molecule is CC[C@H](C(=O)NCC(C)C)N(Cc1ccc(Cl)cc1)C(=O)CCCN(c1ccc2c(c1)OCO2)S(C)(=O)=O. The van der Waals surface area contributed by atoms with Crippen molar-refractivity contribution in [3.8, 4) is 11.5 Å². The van der Waals surface area contributed by atoms with E-state index >= 15 is 0 Å². The van der Waals surface area contributed by atoms with Crippen LogP contribution in [0.15, 0.2) is 42.5 Å². The molecule has 0 fully saturated rings. The Labute approximate surface area is 230 Å². The molecule has 1 heterocycles. The largest absolute Gasteiger partial charge is 0.454 e. The molecule has 2 amide bonds. The maximum Gasteiger partial charge on any atom is 0.242 e. The quantitative estimate of drug-likeness (QED) is 0.390. The average molecular weight is 566 g/mol. The van der Waals surface area contributed by atoms with E-state index in [0.29, 0.717) is 35.2 Å². The Bertz CT molecular complexity index is 1220. The molecule has 2 aromatic rings. The zero-order chi connectivity index (χ0) is 27.9. The molecule has 1 aliphatic rings. The summed E-state index contributed by atoms with van der Waals surface area (Å²) in [5.41, 5.74) is 1.28. The minimum Gasteiger partial charge on any atom is -0.454 e. The van der Waals surface area contributed by atoms with Crippen molar-refractivity contribution in [1.29, 1.82) is 0 Å². The molecule has 9 nitrogen and oxygen atoms in total. The number of benzene rings is 2. The second-order valence-corrected chi connectivity index (χ2v) is 12.0. The van der Waals surface area contributed by atoms with E-state index in [0.717, 1.165) is 11.8 Å². The molecule has 208 valence electrons. The van der Waals surface area contributed by atoms with Crippen LogP contribution >= 0.6 is 11.6 Å². The summed E-state index contributed by atoms with van der Waals surface area (Å²) in [7, 11) is -3.62. The molecular weight excluding hydrogens is 530 g/mol. The molecular formula is C27H36ClN3O6S. The maximum absolute atomic E-state index is 13.5. The molecule has 11 heteroatoms. The highest BCUT2D eigenvalue weighted by Crippen LogP contribution is 2.36. The minimum atomic E-state index is -3.62. The Hall–Kier alpha value is -2.98. The number of nitrogens with zero attached hydrogens (tertiary/aromatic N) is 2. The fraction of sp³-hybridized carbons (Fsp3) is 0.481. The third-order valence-electron chi connectivity index (χ3n) is 6.13. The van der Waals surface area contributed by atoms with Gasteiger partial charge in [-0.25, -0.2) is 8.42 Å². The van der Waals surface area contributed by atoms with Crippen LogP contribution in [0.3, 0.4) is 0 Å². The van der Waals surface area contributed by atoms with Crippen LogP contribution in [0.5, 0.6) is 11.5 Å². The average Bonchev–Trinajstić information content (AvgIpc) is 3.33. The number of ether oxygens (including phenoxy) is 2. The van der Waals surface area contributed by atoms with Gasteiger partial charge in [-0.15, -0.1) is 0 Å². The van der Waals surface area contributed by atoms with Gasteiger partial charge in [-0.2, -0.15) is 0 Å². The van der Waals surface area contributed by atoms with E-state index in [2.05, 4.69) is 5.32 Å². The lowest BCUT2D eigenvalue weighted by Crippen LogP contribution is -2.49. The fourth-order valence-electron chi connectivity index (χ4n) is 4.17. The lowest BCUT2D eigenvalue weighted by atomic mass is 10.1. The number of nitrogens with one attached hydrogen (secondary N) is 1. The normalized spacial score (nSPS) is 13.3. The van der Waals surface area contributed by atoms with E-state index in [1.54, 1.807) is 35.2 Å². The lowest BCUT2D eigenvalue weighted by molar-refractivity contribution is -0.141. The molecule has 1 atom stereocenters. The summed E-state index contributed by atoms with van der Waals surface area (Å²) in [4.78, 5) is 28.1. The Morgan fingerprint density at radius 2 is 1.76 bits per heavy atom. The number of anilines is 1. The highest BCUT2D eigenvalue weighted by Gasteiger charge is 2.29. The topological polar surface area (TPSA) is 105 Å². The van der Waals surface area contributed by atoms with Crippen molar-refractivity contribution >= 4 is 39.1 Å². The van der Waals surface area contributed by atoms with E-state index in [1.807, 2.05) is 32.9 Å². The van der Waals surface area contributed by atoms with Crippen LogP contribution in [0.4, 0.5) is 5.69 Å². The molecule has 1 aliphatic heterocycles. The molecule has 1 N–H and O–H groups in total. The van der Waals surface area contributed by atoms with E-state index in [1.165, 1.54) is 4.31 Å².